The van der Waals surface area contributed by atoms with Crippen molar-refractivity contribution < 1.29 is 9.53 Å². The van der Waals surface area contributed by atoms with Crippen molar-refractivity contribution in [1.82, 2.24) is 4.57 Å². The van der Waals surface area contributed by atoms with E-state index in [1.54, 1.807) is 11.5 Å². The SMILES string of the molecule is CC(=O)n1cc([C@@H](N)C2CCOCC2)c2ccccc21. The first kappa shape index (κ1) is 13.3. The summed E-state index contributed by atoms with van der Waals surface area (Å²) in [7, 11) is 0. The van der Waals surface area contributed by atoms with Crippen molar-refractivity contribution in [3.05, 3.63) is 36.0 Å². The van der Waals surface area contributed by atoms with Gasteiger partial charge in [0.05, 0.1) is 5.52 Å². The van der Waals surface area contributed by atoms with Gasteiger partial charge in [0.2, 0.25) is 5.91 Å². The van der Waals surface area contributed by atoms with E-state index >= 15 is 0 Å². The maximum Gasteiger partial charge on any atom is 0.227 e. The highest BCUT2D eigenvalue weighted by molar-refractivity contribution is 5.93. The van der Waals surface area contributed by atoms with Gasteiger partial charge in [0.15, 0.2) is 0 Å². The van der Waals surface area contributed by atoms with Crippen LogP contribution in [-0.4, -0.2) is 23.7 Å². The van der Waals surface area contributed by atoms with Gasteiger partial charge in [0.25, 0.3) is 0 Å². The standard InChI is InChI=1S/C16H20N2O2/c1-11(19)18-10-14(13-4-2-3-5-15(13)18)16(17)12-6-8-20-9-7-12/h2-5,10,12,16H,6-9,17H2,1H3/t16-/m0/s1. The smallest absolute Gasteiger partial charge is 0.227 e. The summed E-state index contributed by atoms with van der Waals surface area (Å²) in [6, 6.07) is 7.92. The van der Waals surface area contributed by atoms with E-state index in [9.17, 15) is 4.79 Å². The quantitative estimate of drug-likeness (QED) is 0.914. The summed E-state index contributed by atoms with van der Waals surface area (Å²) in [5.41, 5.74) is 8.48. The monoisotopic (exact) mass is 272 g/mol. The lowest BCUT2D eigenvalue weighted by atomic mass is 9.88. The number of nitrogens with zero attached hydrogens (tertiary/aromatic N) is 1. The molecule has 2 aromatic rings. The molecule has 1 aromatic heterocycles. The molecule has 0 bridgehead atoms. The normalized spacial score (nSPS) is 18.3. The molecule has 1 aliphatic heterocycles. The Bertz CT molecular complexity index is 626. The second-order valence-electron chi connectivity index (χ2n) is 5.47. The number of carbonyl (C=O) groups excluding carboxylic acids is 1. The molecule has 0 unspecified atom stereocenters. The molecule has 106 valence electrons. The highest BCUT2D eigenvalue weighted by atomic mass is 16.5. The Morgan fingerprint density at radius 3 is 2.75 bits per heavy atom. The predicted molar refractivity (Wildman–Crippen MR) is 78.7 cm³/mol. The Morgan fingerprint density at radius 2 is 2.05 bits per heavy atom. The molecule has 1 atom stereocenters. The van der Waals surface area contributed by atoms with E-state index in [-0.39, 0.29) is 11.9 Å². The molecule has 2 N–H and O–H groups in total. The van der Waals surface area contributed by atoms with Gasteiger partial charge < -0.3 is 10.5 Å². The maximum absolute atomic E-state index is 11.8. The van der Waals surface area contributed by atoms with Crippen LogP contribution in [0.1, 0.15) is 36.2 Å². The molecular weight excluding hydrogens is 252 g/mol. The lowest BCUT2D eigenvalue weighted by Gasteiger charge is -2.27. The molecule has 4 heteroatoms. The molecule has 0 saturated carbocycles. The molecule has 0 amide bonds. The summed E-state index contributed by atoms with van der Waals surface area (Å²) in [5.74, 6) is 0.446. The molecular formula is C16H20N2O2. The van der Waals surface area contributed by atoms with Crippen LogP contribution in [0.15, 0.2) is 30.5 Å². The Balaban J connectivity index is 2.04. The van der Waals surface area contributed by atoms with Crippen LogP contribution in [0.4, 0.5) is 0 Å². The molecule has 20 heavy (non-hydrogen) atoms. The molecule has 0 spiro atoms. The average Bonchev–Trinajstić information content (AvgIpc) is 2.87. The Kier molecular flexibility index (Phi) is 3.59. The number of aromatic nitrogens is 1. The summed E-state index contributed by atoms with van der Waals surface area (Å²) >= 11 is 0. The zero-order chi connectivity index (χ0) is 14.1. The van der Waals surface area contributed by atoms with Crippen LogP contribution in [0.25, 0.3) is 10.9 Å². The second-order valence-corrected chi connectivity index (χ2v) is 5.47. The van der Waals surface area contributed by atoms with E-state index in [0.717, 1.165) is 42.5 Å². The topological polar surface area (TPSA) is 57.2 Å². The Labute approximate surface area is 118 Å². The van der Waals surface area contributed by atoms with Gasteiger partial charge in [-0.15, -0.1) is 0 Å². The van der Waals surface area contributed by atoms with Crippen LogP contribution in [0.5, 0.6) is 0 Å². The average molecular weight is 272 g/mol. The summed E-state index contributed by atoms with van der Waals surface area (Å²) in [4.78, 5) is 11.8. The summed E-state index contributed by atoms with van der Waals surface area (Å²) < 4.78 is 7.10. The van der Waals surface area contributed by atoms with Gasteiger partial charge in [0.1, 0.15) is 0 Å². The number of hydrogen-bond donors (Lipinski definition) is 1. The fraction of sp³-hybridized carbons (Fsp3) is 0.438. The van der Waals surface area contributed by atoms with Crippen LogP contribution >= 0.6 is 0 Å². The first-order valence-electron chi connectivity index (χ1n) is 7.12. The maximum atomic E-state index is 11.8. The van der Waals surface area contributed by atoms with Gasteiger partial charge in [-0.1, -0.05) is 18.2 Å². The van der Waals surface area contributed by atoms with Gasteiger partial charge in [-0.2, -0.15) is 0 Å². The third-order valence-corrected chi connectivity index (χ3v) is 4.21. The first-order chi connectivity index (χ1) is 9.68. The molecule has 3 rings (SSSR count). The van der Waals surface area contributed by atoms with Crippen LogP contribution < -0.4 is 5.73 Å². The third kappa shape index (κ3) is 2.25. The third-order valence-electron chi connectivity index (χ3n) is 4.21. The van der Waals surface area contributed by atoms with Gasteiger partial charge in [-0.05, 0) is 30.4 Å². The van der Waals surface area contributed by atoms with Gasteiger partial charge in [-0.3, -0.25) is 9.36 Å². The highest BCUT2D eigenvalue weighted by Crippen LogP contribution is 2.33. The van der Waals surface area contributed by atoms with Crippen LogP contribution in [0.2, 0.25) is 0 Å². The van der Waals surface area contributed by atoms with Crippen molar-refractivity contribution in [2.45, 2.75) is 25.8 Å². The summed E-state index contributed by atoms with van der Waals surface area (Å²) in [6.45, 7) is 3.14. The number of benzene rings is 1. The van der Waals surface area contributed by atoms with E-state index in [1.165, 1.54) is 0 Å². The van der Waals surface area contributed by atoms with E-state index in [1.807, 2.05) is 30.5 Å². The van der Waals surface area contributed by atoms with E-state index in [2.05, 4.69) is 0 Å². The Hall–Kier alpha value is -1.65. The van der Waals surface area contributed by atoms with E-state index in [0.29, 0.717) is 5.92 Å². The molecule has 2 heterocycles. The van der Waals surface area contributed by atoms with Gasteiger partial charge in [-0.25, -0.2) is 0 Å². The fourth-order valence-corrected chi connectivity index (χ4v) is 3.06. The van der Waals surface area contributed by atoms with Crippen LogP contribution in [0, 0.1) is 5.92 Å². The van der Waals surface area contributed by atoms with Crippen LogP contribution in [-0.2, 0) is 4.74 Å². The number of rotatable bonds is 2. The summed E-state index contributed by atoms with van der Waals surface area (Å²) in [5, 5.41) is 1.08. The fourth-order valence-electron chi connectivity index (χ4n) is 3.06. The minimum atomic E-state index is -0.0376. The minimum Gasteiger partial charge on any atom is -0.381 e. The van der Waals surface area contributed by atoms with Crippen LogP contribution in [0.3, 0.4) is 0 Å². The molecule has 0 aliphatic carbocycles. The lowest BCUT2D eigenvalue weighted by Crippen LogP contribution is -2.27. The number of ether oxygens (including phenoxy) is 1. The minimum absolute atomic E-state index is 0.0200. The van der Waals surface area contributed by atoms with Crippen molar-refractivity contribution in [3.8, 4) is 0 Å². The number of nitrogens with two attached hydrogens (primary N) is 1. The van der Waals surface area contributed by atoms with Crippen molar-refractivity contribution in [2.24, 2.45) is 11.7 Å². The second kappa shape index (κ2) is 5.38. The molecule has 4 nitrogen and oxygen atoms in total. The number of carbonyl (C=O) groups is 1. The van der Waals surface area contributed by atoms with Crippen molar-refractivity contribution in [2.75, 3.05) is 13.2 Å². The number of hydrogen-bond acceptors (Lipinski definition) is 3. The highest BCUT2D eigenvalue weighted by Gasteiger charge is 2.25. The zero-order valence-corrected chi connectivity index (χ0v) is 11.7. The van der Waals surface area contributed by atoms with E-state index in [4.69, 9.17) is 10.5 Å². The molecule has 1 saturated heterocycles. The van der Waals surface area contributed by atoms with Gasteiger partial charge in [0, 0.05) is 37.8 Å². The Morgan fingerprint density at radius 1 is 1.35 bits per heavy atom. The molecule has 0 radical (unpaired) electrons. The first-order valence-corrected chi connectivity index (χ1v) is 7.12. The largest absolute Gasteiger partial charge is 0.381 e. The van der Waals surface area contributed by atoms with Crippen molar-refractivity contribution in [3.63, 3.8) is 0 Å². The van der Waals surface area contributed by atoms with Crippen molar-refractivity contribution in [1.29, 1.82) is 0 Å². The number of para-hydroxylation sites is 1. The zero-order valence-electron chi connectivity index (χ0n) is 11.7. The van der Waals surface area contributed by atoms with Gasteiger partial charge >= 0.3 is 0 Å². The predicted octanol–water partition coefficient (Wildman–Crippen LogP) is 2.73. The van der Waals surface area contributed by atoms with E-state index < -0.39 is 0 Å². The molecule has 1 fully saturated rings. The molecule has 1 aromatic carbocycles. The summed E-state index contributed by atoms with van der Waals surface area (Å²) in [6.07, 6.45) is 3.88. The lowest BCUT2D eigenvalue weighted by molar-refractivity contribution is 0.0585. The van der Waals surface area contributed by atoms with Crippen molar-refractivity contribution >= 4 is 16.8 Å². The number of fused-ring (bicyclic) bond motifs is 1. The molecule has 1 aliphatic rings.